The number of nitrogens with two attached hydrogens (primary N) is 1. The van der Waals surface area contributed by atoms with Crippen molar-refractivity contribution in [2.24, 2.45) is 5.73 Å². The Morgan fingerprint density at radius 3 is 2.79 bits per heavy atom. The molecule has 1 aliphatic rings. The van der Waals surface area contributed by atoms with Crippen LogP contribution < -0.4 is 5.73 Å². The van der Waals surface area contributed by atoms with Gasteiger partial charge in [0.25, 0.3) is 0 Å². The van der Waals surface area contributed by atoms with E-state index in [0.29, 0.717) is 11.7 Å². The molecule has 104 valence electrons. The van der Waals surface area contributed by atoms with Crippen LogP contribution in [-0.4, -0.2) is 10.1 Å². The van der Waals surface area contributed by atoms with E-state index >= 15 is 0 Å². The lowest BCUT2D eigenvalue weighted by Gasteiger charge is -2.17. The fraction of sp³-hybridized carbons (Fsp3) is 0.538. The van der Waals surface area contributed by atoms with Crippen molar-refractivity contribution in [3.63, 3.8) is 0 Å². The van der Waals surface area contributed by atoms with Crippen LogP contribution in [0.25, 0.3) is 0 Å². The van der Waals surface area contributed by atoms with Gasteiger partial charge in [0.05, 0.1) is 11.5 Å². The zero-order chi connectivity index (χ0) is 12.6. The van der Waals surface area contributed by atoms with Crippen molar-refractivity contribution in [2.75, 3.05) is 0 Å². The molecule has 0 spiro atoms. The zero-order valence-corrected chi connectivity index (χ0v) is 12.5. The molecule has 1 atom stereocenters. The summed E-state index contributed by atoms with van der Waals surface area (Å²) in [6.45, 7) is 2.08. The molecule has 0 radical (unpaired) electrons. The highest BCUT2D eigenvalue weighted by atomic mass is 35.5. The predicted molar refractivity (Wildman–Crippen MR) is 77.7 cm³/mol. The van der Waals surface area contributed by atoms with Crippen molar-refractivity contribution in [1.82, 2.24) is 10.1 Å². The molecule has 6 heteroatoms. The molecular formula is C13H18ClN3OS. The highest BCUT2D eigenvalue weighted by molar-refractivity contribution is 7.10. The van der Waals surface area contributed by atoms with E-state index in [1.54, 1.807) is 11.3 Å². The number of aromatic nitrogens is 2. The molecular weight excluding hydrogens is 282 g/mol. The smallest absolute Gasteiger partial charge is 0.234 e. The molecule has 1 aliphatic carbocycles. The van der Waals surface area contributed by atoms with Crippen molar-refractivity contribution in [1.29, 1.82) is 0 Å². The first-order valence-electron chi connectivity index (χ1n) is 6.35. The molecule has 1 fully saturated rings. The van der Waals surface area contributed by atoms with Crippen LogP contribution in [0.4, 0.5) is 0 Å². The van der Waals surface area contributed by atoms with Gasteiger partial charge in [0.2, 0.25) is 5.89 Å². The number of thiophene rings is 1. The molecule has 19 heavy (non-hydrogen) atoms. The van der Waals surface area contributed by atoms with Crippen LogP contribution in [0.5, 0.6) is 0 Å². The first kappa shape index (κ1) is 14.5. The average molecular weight is 300 g/mol. The number of hydrogen-bond donors (Lipinski definition) is 1. The number of halogens is 1. The van der Waals surface area contributed by atoms with E-state index in [4.69, 9.17) is 10.3 Å². The van der Waals surface area contributed by atoms with Gasteiger partial charge in [-0.05, 0) is 31.2 Å². The Labute approximate surface area is 122 Å². The van der Waals surface area contributed by atoms with Gasteiger partial charge in [-0.15, -0.1) is 23.7 Å². The summed E-state index contributed by atoms with van der Waals surface area (Å²) in [6.07, 6.45) is 4.22. The summed E-state index contributed by atoms with van der Waals surface area (Å²) in [5, 5.41) is 6.15. The number of nitrogens with zero attached hydrogens (tertiary/aromatic N) is 2. The molecule has 0 aromatic carbocycles. The summed E-state index contributed by atoms with van der Waals surface area (Å²) < 4.78 is 5.39. The summed E-state index contributed by atoms with van der Waals surface area (Å²) >= 11 is 1.71. The second-order valence-electron chi connectivity index (χ2n) is 5.06. The third-order valence-electron chi connectivity index (χ3n) is 3.72. The molecule has 2 aromatic heterocycles. The quantitative estimate of drug-likeness (QED) is 0.943. The average Bonchev–Trinajstić information content (AvgIpc) is 3.10. The molecule has 1 saturated carbocycles. The molecule has 4 nitrogen and oxygen atoms in total. The Bertz CT molecular complexity index is 520. The SMILES string of the molecule is CC(c1nc(C2(N)CCCC2)no1)c1cccs1.Cl. The Morgan fingerprint density at radius 2 is 2.16 bits per heavy atom. The van der Waals surface area contributed by atoms with E-state index in [2.05, 4.69) is 28.5 Å². The summed E-state index contributed by atoms with van der Waals surface area (Å²) in [7, 11) is 0. The van der Waals surface area contributed by atoms with Gasteiger partial charge in [-0.25, -0.2) is 0 Å². The van der Waals surface area contributed by atoms with Crippen LogP contribution in [0.3, 0.4) is 0 Å². The fourth-order valence-corrected chi connectivity index (χ4v) is 3.28. The Balaban J connectivity index is 0.00000133. The zero-order valence-electron chi connectivity index (χ0n) is 10.8. The molecule has 1 unspecified atom stereocenters. The maximum atomic E-state index is 6.33. The Kier molecular flexibility index (Phi) is 4.28. The predicted octanol–water partition coefficient (Wildman–Crippen LogP) is 3.43. The standard InChI is InChI=1S/C13H17N3OS.ClH/c1-9(10-5-4-8-18-10)11-15-12(16-17-11)13(14)6-2-3-7-13;/h4-5,8-9H,2-3,6-7,14H2,1H3;1H. The minimum Gasteiger partial charge on any atom is -0.339 e. The summed E-state index contributed by atoms with van der Waals surface area (Å²) in [6, 6.07) is 4.13. The van der Waals surface area contributed by atoms with Gasteiger partial charge in [-0.2, -0.15) is 4.98 Å². The second-order valence-corrected chi connectivity index (χ2v) is 6.04. The first-order valence-corrected chi connectivity index (χ1v) is 7.23. The largest absolute Gasteiger partial charge is 0.339 e. The van der Waals surface area contributed by atoms with Gasteiger partial charge in [0.1, 0.15) is 0 Å². The summed E-state index contributed by atoms with van der Waals surface area (Å²) in [5.41, 5.74) is 5.97. The number of hydrogen-bond acceptors (Lipinski definition) is 5. The monoisotopic (exact) mass is 299 g/mol. The highest BCUT2D eigenvalue weighted by Crippen LogP contribution is 2.35. The summed E-state index contributed by atoms with van der Waals surface area (Å²) in [4.78, 5) is 5.76. The summed E-state index contributed by atoms with van der Waals surface area (Å²) in [5.74, 6) is 1.50. The van der Waals surface area contributed by atoms with Crippen LogP contribution >= 0.6 is 23.7 Å². The van der Waals surface area contributed by atoms with Crippen LogP contribution in [0.2, 0.25) is 0 Å². The van der Waals surface area contributed by atoms with Crippen molar-refractivity contribution in [3.05, 3.63) is 34.1 Å². The van der Waals surface area contributed by atoms with Crippen molar-refractivity contribution in [3.8, 4) is 0 Å². The number of rotatable bonds is 3. The van der Waals surface area contributed by atoms with Crippen molar-refractivity contribution >= 4 is 23.7 Å². The Hall–Kier alpha value is -0.910. The van der Waals surface area contributed by atoms with Crippen molar-refractivity contribution in [2.45, 2.75) is 44.1 Å². The topological polar surface area (TPSA) is 64.9 Å². The van der Waals surface area contributed by atoms with Gasteiger partial charge in [0, 0.05) is 4.88 Å². The van der Waals surface area contributed by atoms with E-state index in [-0.39, 0.29) is 23.9 Å². The van der Waals surface area contributed by atoms with Gasteiger partial charge in [0.15, 0.2) is 5.82 Å². The maximum Gasteiger partial charge on any atom is 0.234 e. The lowest BCUT2D eigenvalue weighted by molar-refractivity contribution is 0.344. The molecule has 2 heterocycles. The van der Waals surface area contributed by atoms with Gasteiger partial charge in [-0.3, -0.25) is 0 Å². The minimum atomic E-state index is -0.364. The van der Waals surface area contributed by atoms with E-state index in [0.717, 1.165) is 25.7 Å². The van der Waals surface area contributed by atoms with Crippen LogP contribution in [0.15, 0.2) is 22.0 Å². The molecule has 3 rings (SSSR count). The fourth-order valence-electron chi connectivity index (χ4n) is 2.50. The van der Waals surface area contributed by atoms with Gasteiger partial charge in [-0.1, -0.05) is 24.1 Å². The van der Waals surface area contributed by atoms with E-state index in [1.807, 2.05) is 6.07 Å². The molecule has 2 aromatic rings. The normalized spacial score (nSPS) is 19.1. The minimum absolute atomic E-state index is 0. The van der Waals surface area contributed by atoms with Crippen LogP contribution in [0.1, 0.15) is 55.1 Å². The van der Waals surface area contributed by atoms with Gasteiger partial charge < -0.3 is 10.3 Å². The van der Waals surface area contributed by atoms with E-state index < -0.39 is 0 Å². The molecule has 0 aliphatic heterocycles. The molecule has 0 saturated heterocycles. The third kappa shape index (κ3) is 2.68. The Morgan fingerprint density at radius 1 is 1.42 bits per heavy atom. The lowest BCUT2D eigenvalue weighted by atomic mass is 9.98. The van der Waals surface area contributed by atoms with Crippen LogP contribution in [-0.2, 0) is 5.54 Å². The first-order chi connectivity index (χ1) is 8.69. The van der Waals surface area contributed by atoms with E-state index in [9.17, 15) is 0 Å². The van der Waals surface area contributed by atoms with E-state index in [1.165, 1.54) is 4.88 Å². The molecule has 0 amide bonds. The molecule has 0 bridgehead atoms. The maximum absolute atomic E-state index is 6.33. The molecule has 2 N–H and O–H groups in total. The second kappa shape index (κ2) is 5.61. The lowest BCUT2D eigenvalue weighted by Crippen LogP contribution is -2.34. The highest BCUT2D eigenvalue weighted by Gasteiger charge is 2.36. The van der Waals surface area contributed by atoms with Crippen LogP contribution in [0, 0.1) is 0 Å². The van der Waals surface area contributed by atoms with Gasteiger partial charge >= 0.3 is 0 Å². The van der Waals surface area contributed by atoms with Crippen molar-refractivity contribution < 1.29 is 4.52 Å². The third-order valence-corrected chi connectivity index (χ3v) is 4.78.